The number of hydrogen-bond donors (Lipinski definition) is 2. The molecule has 0 heterocycles. The van der Waals surface area contributed by atoms with Crippen LogP contribution in [0.3, 0.4) is 0 Å². The fraction of sp³-hybridized carbons (Fsp3) is 0.696. The molecule has 304 valence electrons. The molecule has 2 amide bonds. The first-order chi connectivity index (χ1) is 26.5. The molecule has 0 aliphatic heterocycles. The van der Waals surface area contributed by atoms with Crippen molar-refractivity contribution in [2.45, 2.75) is 207 Å². The summed E-state index contributed by atoms with van der Waals surface area (Å²) in [6, 6.07) is 14.8. The van der Waals surface area contributed by atoms with Crippen molar-refractivity contribution >= 4 is 31.4 Å². The van der Waals surface area contributed by atoms with Crippen molar-refractivity contribution in [1.82, 2.24) is 0 Å². The Morgan fingerprint density at radius 3 is 1.04 bits per heavy atom. The highest BCUT2D eigenvalue weighted by Crippen LogP contribution is 2.31. The van der Waals surface area contributed by atoms with Crippen molar-refractivity contribution in [3.63, 3.8) is 0 Å². The maximum Gasteiger partial charge on any atom is 0.698 e. The standard InChI is InChI=1S/C46H75N2O5P/c1-3-5-7-9-11-13-15-17-19-21-23-25-27-37-45(49)47-43-35-31-29-33-41(43)39-52-54(51)53-40-42-34-30-32-36-44(42)48-46(50)38-28-26-24-22-20-18-16-14-12-10-8-6-4-2/h29-36H,3-28,37-40H2,1-2H3,(H-,47,48,49,50)/p+1. The molecule has 0 aliphatic rings. The van der Waals surface area contributed by atoms with Gasteiger partial charge in [-0.05, 0) is 25.0 Å². The van der Waals surface area contributed by atoms with Gasteiger partial charge in [0.1, 0.15) is 13.2 Å². The molecule has 0 fully saturated rings. The van der Waals surface area contributed by atoms with Gasteiger partial charge in [-0.3, -0.25) is 9.59 Å². The fourth-order valence-corrected chi connectivity index (χ4v) is 7.41. The van der Waals surface area contributed by atoms with E-state index < -0.39 is 8.25 Å². The van der Waals surface area contributed by atoms with E-state index >= 15 is 0 Å². The van der Waals surface area contributed by atoms with Crippen LogP contribution in [-0.2, 0) is 36.4 Å². The topological polar surface area (TPSA) is 93.7 Å². The lowest BCUT2D eigenvalue weighted by Gasteiger charge is -2.10. The van der Waals surface area contributed by atoms with Crippen LogP contribution in [0.5, 0.6) is 0 Å². The molecule has 8 heteroatoms. The molecule has 0 bridgehead atoms. The van der Waals surface area contributed by atoms with Crippen molar-refractivity contribution < 1.29 is 23.2 Å². The van der Waals surface area contributed by atoms with E-state index in [9.17, 15) is 14.2 Å². The Bertz CT molecular complexity index is 1160. The smallest absolute Gasteiger partial charge is 0.326 e. The van der Waals surface area contributed by atoms with E-state index in [1.807, 2.05) is 48.5 Å². The molecule has 0 aromatic heterocycles. The van der Waals surface area contributed by atoms with Gasteiger partial charge in [-0.1, -0.05) is 204 Å². The minimum absolute atomic E-state index is 0.0149. The molecule has 0 saturated heterocycles. The third-order valence-corrected chi connectivity index (χ3v) is 10.9. The second-order valence-corrected chi connectivity index (χ2v) is 16.1. The van der Waals surface area contributed by atoms with E-state index in [-0.39, 0.29) is 25.0 Å². The van der Waals surface area contributed by atoms with E-state index in [1.165, 1.54) is 141 Å². The second-order valence-electron chi connectivity index (χ2n) is 15.2. The molecule has 0 atom stereocenters. The number of nitrogens with one attached hydrogen (secondary N) is 2. The Hall–Kier alpha value is -2.60. The Balaban J connectivity index is 1.57. The highest BCUT2D eigenvalue weighted by molar-refractivity contribution is 7.33. The van der Waals surface area contributed by atoms with Gasteiger partial charge >= 0.3 is 8.25 Å². The number of rotatable bonds is 36. The van der Waals surface area contributed by atoms with Gasteiger partial charge in [-0.25, -0.2) is 0 Å². The third-order valence-electron chi connectivity index (χ3n) is 10.2. The average Bonchev–Trinajstić information content (AvgIpc) is 3.17. The van der Waals surface area contributed by atoms with Gasteiger partial charge in [0.25, 0.3) is 0 Å². The predicted octanol–water partition coefficient (Wildman–Crippen LogP) is 14.9. The minimum atomic E-state index is -2.42. The molecular weight excluding hydrogens is 691 g/mol. The molecule has 0 aliphatic carbocycles. The number of unbranched alkanes of at least 4 members (excludes halogenated alkanes) is 24. The van der Waals surface area contributed by atoms with Crippen LogP contribution in [0.2, 0.25) is 0 Å². The van der Waals surface area contributed by atoms with Crippen LogP contribution in [0.15, 0.2) is 48.5 Å². The van der Waals surface area contributed by atoms with Crippen LogP contribution in [0.4, 0.5) is 11.4 Å². The highest BCUT2D eigenvalue weighted by atomic mass is 31.1. The first-order valence-electron chi connectivity index (χ1n) is 22.0. The number of amides is 2. The first-order valence-corrected chi connectivity index (χ1v) is 23.1. The summed E-state index contributed by atoms with van der Waals surface area (Å²) in [6.07, 6.45) is 34.1. The van der Waals surface area contributed by atoms with Crippen LogP contribution in [-0.4, -0.2) is 11.8 Å². The van der Waals surface area contributed by atoms with Crippen molar-refractivity contribution in [3.8, 4) is 0 Å². The summed E-state index contributed by atoms with van der Waals surface area (Å²) in [5.74, 6) is -0.0298. The van der Waals surface area contributed by atoms with Crippen LogP contribution in [0, 0.1) is 0 Å². The molecule has 2 aromatic rings. The highest BCUT2D eigenvalue weighted by Gasteiger charge is 2.23. The summed E-state index contributed by atoms with van der Waals surface area (Å²) in [5.41, 5.74) is 2.81. The molecule has 7 nitrogen and oxygen atoms in total. The van der Waals surface area contributed by atoms with Gasteiger partial charge in [0.05, 0.1) is 0 Å². The average molecular weight is 768 g/mol. The fourth-order valence-electron chi connectivity index (χ4n) is 6.85. The molecule has 0 spiro atoms. The van der Waals surface area contributed by atoms with Crippen molar-refractivity contribution in [2.75, 3.05) is 10.6 Å². The molecule has 0 unspecified atom stereocenters. The molecule has 2 N–H and O–H groups in total. The molecule has 0 saturated carbocycles. The van der Waals surface area contributed by atoms with Gasteiger partial charge < -0.3 is 10.6 Å². The van der Waals surface area contributed by atoms with E-state index in [0.717, 1.165) is 36.8 Å². The van der Waals surface area contributed by atoms with Crippen LogP contribution in [0.1, 0.15) is 205 Å². The number of carbonyl (C=O) groups excluding carboxylic acids is 2. The number of para-hydroxylation sites is 2. The summed E-state index contributed by atoms with van der Waals surface area (Å²) in [7, 11) is -2.42. The zero-order valence-electron chi connectivity index (χ0n) is 34.3. The lowest BCUT2D eigenvalue weighted by atomic mass is 10.0. The normalized spacial score (nSPS) is 11.1. The van der Waals surface area contributed by atoms with Gasteiger partial charge in [0.15, 0.2) is 0 Å². The summed E-state index contributed by atoms with van der Waals surface area (Å²) < 4.78 is 23.8. The van der Waals surface area contributed by atoms with E-state index in [0.29, 0.717) is 24.2 Å². The second kappa shape index (κ2) is 33.7. The van der Waals surface area contributed by atoms with Crippen LogP contribution < -0.4 is 10.6 Å². The predicted molar refractivity (Wildman–Crippen MR) is 228 cm³/mol. The number of anilines is 2. The molecular formula is C46H76N2O5P+. The lowest BCUT2D eigenvalue weighted by molar-refractivity contribution is -0.117. The summed E-state index contributed by atoms with van der Waals surface area (Å²) in [5, 5.41) is 6.01. The molecule has 54 heavy (non-hydrogen) atoms. The minimum Gasteiger partial charge on any atom is -0.326 e. The summed E-state index contributed by atoms with van der Waals surface area (Å²) in [4.78, 5) is 25.4. The third kappa shape index (κ3) is 25.5. The SMILES string of the molecule is CCCCCCCCCCCCCCCC(=O)Nc1ccccc1CO[P+](=O)OCc1ccccc1NC(=O)CCCCCCCCCCCCCCC. The number of benzene rings is 2. The Morgan fingerprint density at radius 1 is 0.444 bits per heavy atom. The summed E-state index contributed by atoms with van der Waals surface area (Å²) in [6.45, 7) is 4.61. The zero-order chi connectivity index (χ0) is 38.7. The maximum absolute atomic E-state index is 12.7. The Morgan fingerprint density at radius 2 is 0.722 bits per heavy atom. The van der Waals surface area contributed by atoms with E-state index in [1.54, 1.807) is 0 Å². The first kappa shape index (κ1) is 47.6. The number of carbonyl (C=O) groups is 2. The van der Waals surface area contributed by atoms with Crippen molar-refractivity contribution in [1.29, 1.82) is 0 Å². The van der Waals surface area contributed by atoms with Gasteiger partial charge in [0, 0.05) is 39.9 Å². The lowest BCUT2D eigenvalue weighted by Crippen LogP contribution is -2.13. The Kier molecular flexibility index (Phi) is 29.7. The molecule has 2 aromatic carbocycles. The van der Waals surface area contributed by atoms with Crippen LogP contribution in [0.25, 0.3) is 0 Å². The molecule has 2 rings (SSSR count). The Labute approximate surface area is 330 Å². The molecule has 0 radical (unpaired) electrons. The van der Waals surface area contributed by atoms with Gasteiger partial charge in [-0.2, -0.15) is 0 Å². The van der Waals surface area contributed by atoms with E-state index in [4.69, 9.17) is 9.05 Å². The number of hydrogen-bond acceptors (Lipinski definition) is 5. The monoisotopic (exact) mass is 768 g/mol. The van der Waals surface area contributed by atoms with Gasteiger partial charge in [0.2, 0.25) is 11.8 Å². The largest absolute Gasteiger partial charge is 0.698 e. The zero-order valence-corrected chi connectivity index (χ0v) is 35.2. The summed E-state index contributed by atoms with van der Waals surface area (Å²) >= 11 is 0. The van der Waals surface area contributed by atoms with E-state index in [2.05, 4.69) is 24.5 Å². The van der Waals surface area contributed by atoms with Crippen molar-refractivity contribution in [2.24, 2.45) is 0 Å². The quantitative estimate of drug-likeness (QED) is 0.0532. The van der Waals surface area contributed by atoms with Crippen LogP contribution >= 0.6 is 8.25 Å². The van der Waals surface area contributed by atoms with Gasteiger partial charge in [-0.15, -0.1) is 9.05 Å². The maximum atomic E-state index is 12.7. The van der Waals surface area contributed by atoms with Crippen molar-refractivity contribution in [3.05, 3.63) is 59.7 Å².